The first-order valence-corrected chi connectivity index (χ1v) is 9.40. The summed E-state index contributed by atoms with van der Waals surface area (Å²) < 4.78 is 27.9. The van der Waals surface area contributed by atoms with E-state index in [4.69, 9.17) is 5.73 Å². The van der Waals surface area contributed by atoms with Gasteiger partial charge in [-0.15, -0.1) is 0 Å². The summed E-state index contributed by atoms with van der Waals surface area (Å²) >= 11 is 0. The summed E-state index contributed by atoms with van der Waals surface area (Å²) in [7, 11) is 0. The molecule has 1 fully saturated rings. The van der Waals surface area contributed by atoms with Crippen molar-refractivity contribution in [3.63, 3.8) is 0 Å². The Kier molecular flexibility index (Phi) is 5.00. The summed E-state index contributed by atoms with van der Waals surface area (Å²) in [4.78, 5) is 29.5. The molecule has 2 aromatic carbocycles. The molecule has 2 aromatic rings. The van der Waals surface area contributed by atoms with Crippen molar-refractivity contribution in [1.29, 1.82) is 0 Å². The Hall–Kier alpha value is -3.29. The predicted molar refractivity (Wildman–Crippen MR) is 106 cm³/mol. The lowest BCUT2D eigenvalue weighted by Crippen LogP contribution is -2.38. The number of nitrogens with one attached hydrogen (secondary N) is 1. The van der Waals surface area contributed by atoms with Crippen molar-refractivity contribution in [3.05, 3.63) is 53.6 Å². The molecule has 1 atom stereocenters. The molecule has 0 aliphatic carbocycles. The summed E-state index contributed by atoms with van der Waals surface area (Å²) in [6.07, 6.45) is 2.64. The van der Waals surface area contributed by atoms with Gasteiger partial charge in [-0.05, 0) is 42.7 Å². The minimum atomic E-state index is -0.652. The second kappa shape index (κ2) is 7.62. The van der Waals surface area contributed by atoms with Crippen LogP contribution in [0.25, 0.3) is 0 Å². The van der Waals surface area contributed by atoms with Gasteiger partial charge in [0, 0.05) is 37.0 Å². The molecule has 0 saturated carbocycles. The number of piperidine rings is 1. The van der Waals surface area contributed by atoms with Crippen LogP contribution in [0.5, 0.6) is 0 Å². The molecule has 1 unspecified atom stereocenters. The highest BCUT2D eigenvalue weighted by molar-refractivity contribution is 6.12. The summed E-state index contributed by atoms with van der Waals surface area (Å²) in [5.74, 6) is -2.28. The number of halogens is 2. The number of fused-ring (bicyclic) bond motifs is 1. The van der Waals surface area contributed by atoms with Crippen LogP contribution in [-0.2, 0) is 9.59 Å². The molecule has 0 aromatic heterocycles. The first-order valence-electron chi connectivity index (χ1n) is 9.40. The zero-order valence-electron chi connectivity index (χ0n) is 15.6. The Morgan fingerprint density at radius 1 is 1.17 bits per heavy atom. The van der Waals surface area contributed by atoms with Gasteiger partial charge in [-0.2, -0.15) is 0 Å². The Morgan fingerprint density at radius 2 is 1.93 bits per heavy atom. The molecule has 1 saturated heterocycles. The number of hydrogen-bond donors (Lipinski definition) is 2. The van der Waals surface area contributed by atoms with E-state index in [2.05, 4.69) is 10.3 Å². The second-order valence-electron chi connectivity index (χ2n) is 7.28. The minimum absolute atomic E-state index is 0.160. The summed E-state index contributed by atoms with van der Waals surface area (Å²) in [6.45, 7) is 1.12. The fraction of sp³-hybridized carbons (Fsp3) is 0.286. The molecular formula is C21H20F2N4O2. The maximum absolute atomic E-state index is 14.6. The van der Waals surface area contributed by atoms with Gasteiger partial charge in [-0.3, -0.25) is 14.6 Å². The molecule has 150 valence electrons. The Labute approximate surface area is 166 Å². The number of nitrogens with zero attached hydrogens (tertiary/aromatic N) is 2. The monoisotopic (exact) mass is 398 g/mol. The van der Waals surface area contributed by atoms with E-state index in [9.17, 15) is 18.4 Å². The Morgan fingerprint density at radius 3 is 2.62 bits per heavy atom. The smallest absolute Gasteiger partial charge is 0.237 e. The van der Waals surface area contributed by atoms with Crippen molar-refractivity contribution in [3.8, 4) is 0 Å². The third-order valence-electron chi connectivity index (χ3n) is 5.43. The molecule has 4 rings (SSSR count). The predicted octanol–water partition coefficient (Wildman–Crippen LogP) is 3.10. The zero-order chi connectivity index (χ0) is 20.5. The van der Waals surface area contributed by atoms with Crippen molar-refractivity contribution >= 4 is 35.1 Å². The SMILES string of the molecule is NC(=O)C1CCN(c2ccc(N=CC3C(=O)Nc4cc(F)ccc43)cc2F)CC1. The van der Waals surface area contributed by atoms with Crippen molar-refractivity contribution in [2.45, 2.75) is 18.8 Å². The second-order valence-corrected chi connectivity index (χ2v) is 7.28. The van der Waals surface area contributed by atoms with Gasteiger partial charge >= 0.3 is 0 Å². The lowest BCUT2D eigenvalue weighted by Gasteiger charge is -2.32. The lowest BCUT2D eigenvalue weighted by molar-refractivity contribution is -0.122. The van der Waals surface area contributed by atoms with Gasteiger partial charge in [-0.1, -0.05) is 6.07 Å². The Balaban J connectivity index is 1.48. The molecule has 0 bridgehead atoms. The maximum atomic E-state index is 14.6. The van der Waals surface area contributed by atoms with Crippen LogP contribution in [-0.4, -0.2) is 31.1 Å². The minimum Gasteiger partial charge on any atom is -0.369 e. The first kappa shape index (κ1) is 19.0. The van der Waals surface area contributed by atoms with Gasteiger partial charge in [0.05, 0.1) is 11.4 Å². The van der Waals surface area contributed by atoms with Gasteiger partial charge in [0.2, 0.25) is 11.8 Å². The molecule has 2 amide bonds. The van der Waals surface area contributed by atoms with Gasteiger partial charge in [0.25, 0.3) is 0 Å². The van der Waals surface area contributed by atoms with Gasteiger partial charge in [0.15, 0.2) is 0 Å². The first-order chi connectivity index (χ1) is 13.9. The average Bonchev–Trinajstić information content (AvgIpc) is 3.00. The molecular weight excluding hydrogens is 378 g/mol. The van der Waals surface area contributed by atoms with Crippen molar-refractivity contribution < 1.29 is 18.4 Å². The van der Waals surface area contributed by atoms with Gasteiger partial charge in [0.1, 0.15) is 17.6 Å². The lowest BCUT2D eigenvalue weighted by atomic mass is 9.96. The normalized spacial score (nSPS) is 19.4. The number of carbonyl (C=O) groups excluding carboxylic acids is 2. The molecule has 6 nitrogen and oxygen atoms in total. The molecule has 2 aliphatic rings. The maximum Gasteiger partial charge on any atom is 0.237 e. The summed E-state index contributed by atoms with van der Waals surface area (Å²) in [6, 6.07) is 8.72. The van der Waals surface area contributed by atoms with E-state index in [0.717, 1.165) is 0 Å². The number of amides is 2. The van der Waals surface area contributed by atoms with E-state index in [1.54, 1.807) is 18.2 Å². The van der Waals surface area contributed by atoms with Crippen molar-refractivity contribution in [1.82, 2.24) is 0 Å². The van der Waals surface area contributed by atoms with E-state index >= 15 is 0 Å². The van der Waals surface area contributed by atoms with Crippen molar-refractivity contribution in [2.75, 3.05) is 23.3 Å². The van der Waals surface area contributed by atoms with E-state index in [1.807, 2.05) is 4.90 Å². The van der Waals surface area contributed by atoms with Gasteiger partial charge in [-0.25, -0.2) is 8.78 Å². The van der Waals surface area contributed by atoms with E-state index in [-0.39, 0.29) is 17.7 Å². The van der Waals surface area contributed by atoms with Crippen LogP contribution >= 0.6 is 0 Å². The van der Waals surface area contributed by atoms with E-state index < -0.39 is 17.6 Å². The highest BCUT2D eigenvalue weighted by Crippen LogP contribution is 2.33. The third kappa shape index (κ3) is 3.83. The number of nitrogens with two attached hydrogens (primary N) is 1. The molecule has 29 heavy (non-hydrogen) atoms. The number of benzene rings is 2. The van der Waals surface area contributed by atoms with Crippen LogP contribution < -0.4 is 16.0 Å². The molecule has 8 heteroatoms. The fourth-order valence-electron chi connectivity index (χ4n) is 3.81. The number of primary amides is 1. The molecule has 0 spiro atoms. The topological polar surface area (TPSA) is 87.8 Å². The van der Waals surface area contributed by atoms with E-state index in [1.165, 1.54) is 24.4 Å². The van der Waals surface area contributed by atoms with Crippen LogP contribution in [0, 0.1) is 17.6 Å². The molecule has 2 aliphatic heterocycles. The largest absolute Gasteiger partial charge is 0.369 e. The quantitative estimate of drug-likeness (QED) is 0.776. The number of rotatable bonds is 4. The third-order valence-corrected chi connectivity index (χ3v) is 5.43. The highest BCUT2D eigenvalue weighted by Gasteiger charge is 2.29. The van der Waals surface area contributed by atoms with Crippen molar-refractivity contribution in [2.24, 2.45) is 16.6 Å². The number of carbonyl (C=O) groups is 2. The molecule has 2 heterocycles. The van der Waals surface area contributed by atoms with Crippen LogP contribution in [0.3, 0.4) is 0 Å². The van der Waals surface area contributed by atoms with Crippen LogP contribution in [0.4, 0.5) is 25.8 Å². The van der Waals surface area contributed by atoms with Crippen LogP contribution in [0.1, 0.15) is 24.3 Å². The van der Waals surface area contributed by atoms with Gasteiger partial charge < -0.3 is 16.0 Å². The fourth-order valence-corrected chi connectivity index (χ4v) is 3.81. The molecule has 3 N–H and O–H groups in total. The number of aliphatic imine (C=N–C) groups is 1. The number of hydrogen-bond acceptors (Lipinski definition) is 4. The zero-order valence-corrected chi connectivity index (χ0v) is 15.6. The van der Waals surface area contributed by atoms with Crippen LogP contribution in [0.15, 0.2) is 41.4 Å². The number of anilines is 2. The highest BCUT2D eigenvalue weighted by atomic mass is 19.1. The average molecular weight is 398 g/mol. The summed E-state index contributed by atoms with van der Waals surface area (Å²) in [5, 5.41) is 2.62. The summed E-state index contributed by atoms with van der Waals surface area (Å²) in [5.41, 5.74) is 7.22. The Bertz CT molecular complexity index is 1000. The van der Waals surface area contributed by atoms with Crippen LogP contribution in [0.2, 0.25) is 0 Å². The molecule has 0 radical (unpaired) electrons. The standard InChI is InChI=1S/C21H20F2N4O2/c22-13-1-3-15-16(21(29)26-18(15)9-13)11-25-14-2-4-19(17(23)10-14)27-7-5-12(6-8-27)20(24)28/h1-4,9-12,16H,5-8H2,(H2,24,28)(H,26,29). The van der Waals surface area contributed by atoms with E-state index in [0.29, 0.717) is 48.6 Å².